The molecule has 1 aromatic carbocycles. The summed E-state index contributed by atoms with van der Waals surface area (Å²) in [6.45, 7) is 2.85. The summed E-state index contributed by atoms with van der Waals surface area (Å²) in [5, 5.41) is 4.24. The topological polar surface area (TPSA) is 17.8 Å². The number of benzene rings is 1. The third-order valence-corrected chi connectivity index (χ3v) is 2.38. The lowest BCUT2D eigenvalue weighted by molar-refractivity contribution is 0.659. The summed E-state index contributed by atoms with van der Waals surface area (Å²) in [4.78, 5) is 0. The molecule has 0 N–H and O–H groups in total. The van der Waals surface area contributed by atoms with E-state index >= 15 is 0 Å². The first-order valence-corrected chi connectivity index (χ1v) is 5.09. The maximum atomic E-state index is 5.47. The van der Waals surface area contributed by atoms with Gasteiger partial charge >= 0.3 is 0 Å². The van der Waals surface area contributed by atoms with E-state index in [1.54, 1.807) is 0 Å². The fourth-order valence-electron chi connectivity index (χ4n) is 1.51. The Balaban J connectivity index is 2.25. The molecule has 0 aliphatic carbocycles. The predicted octanol–water partition coefficient (Wildman–Crippen LogP) is 2.45. The van der Waals surface area contributed by atoms with Crippen LogP contribution in [0.2, 0.25) is 6.32 Å². The zero-order chi connectivity index (χ0) is 10.7. The van der Waals surface area contributed by atoms with Crippen LogP contribution in [0.5, 0.6) is 0 Å². The lowest BCUT2D eigenvalue weighted by Gasteiger charge is -1.98. The van der Waals surface area contributed by atoms with Crippen molar-refractivity contribution >= 4 is 7.85 Å². The van der Waals surface area contributed by atoms with Crippen molar-refractivity contribution in [2.24, 2.45) is 0 Å². The second-order valence-corrected chi connectivity index (χ2v) is 3.65. The van der Waals surface area contributed by atoms with Gasteiger partial charge in [-0.05, 0) is 12.5 Å². The van der Waals surface area contributed by atoms with Crippen LogP contribution < -0.4 is 0 Å². The van der Waals surface area contributed by atoms with Crippen LogP contribution in [-0.2, 0) is 6.54 Å². The summed E-state index contributed by atoms with van der Waals surface area (Å²) in [6, 6.07) is 8.43. The minimum absolute atomic E-state index is 0.620. The summed E-state index contributed by atoms with van der Waals surface area (Å²) in [5.41, 5.74) is 3.61. The van der Waals surface area contributed by atoms with Gasteiger partial charge in [-0.3, -0.25) is 4.68 Å². The van der Waals surface area contributed by atoms with E-state index in [9.17, 15) is 0 Å². The quantitative estimate of drug-likeness (QED) is 0.689. The van der Waals surface area contributed by atoms with Crippen LogP contribution in [0.15, 0.2) is 36.7 Å². The second-order valence-electron chi connectivity index (χ2n) is 3.65. The summed E-state index contributed by atoms with van der Waals surface area (Å²) < 4.78 is 1.87. The fourth-order valence-corrected chi connectivity index (χ4v) is 1.51. The van der Waals surface area contributed by atoms with Gasteiger partial charge in [-0.25, -0.2) is 0 Å². The first-order chi connectivity index (χ1) is 7.29. The number of rotatable bonds is 3. The largest absolute Gasteiger partial charge is 0.273 e. The molecule has 3 heteroatoms. The monoisotopic (exact) mass is 196 g/mol. The van der Waals surface area contributed by atoms with Gasteiger partial charge in [0.05, 0.1) is 14.0 Å². The molecule has 0 atom stereocenters. The fraction of sp³-hybridized carbons (Fsp3) is 0.250. The highest BCUT2D eigenvalue weighted by Gasteiger charge is 2.00. The van der Waals surface area contributed by atoms with Gasteiger partial charge in [-0.15, -0.1) is 0 Å². The Morgan fingerprint density at radius 3 is 2.60 bits per heavy atom. The third kappa shape index (κ3) is 2.29. The molecule has 2 radical (unpaired) electrons. The van der Waals surface area contributed by atoms with Crippen LogP contribution in [-0.4, -0.2) is 17.6 Å². The molecule has 0 unspecified atom stereocenters. The number of hydrogen-bond acceptors (Lipinski definition) is 1. The Hall–Kier alpha value is -1.51. The van der Waals surface area contributed by atoms with E-state index < -0.39 is 0 Å². The lowest BCUT2D eigenvalue weighted by Crippen LogP contribution is -1.96. The van der Waals surface area contributed by atoms with Gasteiger partial charge in [0.25, 0.3) is 0 Å². The van der Waals surface area contributed by atoms with Crippen LogP contribution in [0.3, 0.4) is 0 Å². The Kier molecular flexibility index (Phi) is 2.90. The molecule has 0 saturated carbocycles. The van der Waals surface area contributed by atoms with Crippen molar-refractivity contribution in [1.82, 2.24) is 9.78 Å². The Morgan fingerprint density at radius 1 is 1.20 bits per heavy atom. The highest BCUT2D eigenvalue weighted by Crippen LogP contribution is 2.18. The average Bonchev–Trinajstić information content (AvgIpc) is 2.68. The molecule has 0 amide bonds. The van der Waals surface area contributed by atoms with Crippen molar-refractivity contribution in [3.8, 4) is 11.1 Å². The molecule has 0 aliphatic heterocycles. The summed E-state index contributed by atoms with van der Waals surface area (Å²) in [6.07, 6.45) is 4.52. The van der Waals surface area contributed by atoms with E-state index in [1.807, 2.05) is 17.1 Å². The molecule has 0 bridgehead atoms. The molecule has 0 fully saturated rings. The minimum Gasteiger partial charge on any atom is -0.273 e. The molecule has 0 spiro atoms. The Bertz CT molecular complexity index is 431. The van der Waals surface area contributed by atoms with Crippen LogP contribution in [0.1, 0.15) is 5.56 Å². The van der Waals surface area contributed by atoms with Gasteiger partial charge in [0, 0.05) is 18.3 Å². The molecule has 0 saturated heterocycles. The molecule has 1 aromatic heterocycles. The SMILES string of the molecule is [B]CCn1cc(-c2ccc(C)cc2)cn1. The standard InChI is InChI=1S/C12H13BN2/c1-10-2-4-11(5-3-10)12-8-14-15(9-12)7-6-13/h2-5,8-9H,6-7H2,1H3. The number of nitrogens with zero attached hydrogens (tertiary/aromatic N) is 2. The van der Waals surface area contributed by atoms with Gasteiger partial charge in [-0.1, -0.05) is 36.1 Å². The molecule has 0 aliphatic rings. The van der Waals surface area contributed by atoms with Gasteiger partial charge < -0.3 is 0 Å². The van der Waals surface area contributed by atoms with Crippen molar-refractivity contribution < 1.29 is 0 Å². The van der Waals surface area contributed by atoms with Crippen molar-refractivity contribution in [3.05, 3.63) is 42.2 Å². The number of aromatic nitrogens is 2. The number of hydrogen-bond donors (Lipinski definition) is 0. The first kappa shape index (κ1) is 10.0. The average molecular weight is 196 g/mol. The predicted molar refractivity (Wildman–Crippen MR) is 63.0 cm³/mol. The normalized spacial score (nSPS) is 10.5. The van der Waals surface area contributed by atoms with Crippen LogP contribution in [0.25, 0.3) is 11.1 Å². The molecule has 15 heavy (non-hydrogen) atoms. The first-order valence-electron chi connectivity index (χ1n) is 5.09. The van der Waals surface area contributed by atoms with Gasteiger partial charge in [0.15, 0.2) is 0 Å². The van der Waals surface area contributed by atoms with Crippen LogP contribution in [0, 0.1) is 6.92 Å². The maximum Gasteiger partial charge on any atom is 0.0677 e. The van der Waals surface area contributed by atoms with Crippen molar-refractivity contribution in [2.75, 3.05) is 0 Å². The minimum atomic E-state index is 0.620. The van der Waals surface area contributed by atoms with E-state index in [0.29, 0.717) is 6.32 Å². The van der Waals surface area contributed by atoms with E-state index in [-0.39, 0.29) is 0 Å². The third-order valence-electron chi connectivity index (χ3n) is 2.38. The van der Waals surface area contributed by atoms with Gasteiger partial charge in [0.2, 0.25) is 0 Å². The van der Waals surface area contributed by atoms with Crippen LogP contribution in [0.4, 0.5) is 0 Å². The molecular formula is C12H13BN2. The smallest absolute Gasteiger partial charge is 0.0677 e. The maximum absolute atomic E-state index is 5.47. The molecule has 2 aromatic rings. The van der Waals surface area contributed by atoms with Crippen molar-refractivity contribution in [3.63, 3.8) is 0 Å². The van der Waals surface area contributed by atoms with E-state index in [4.69, 9.17) is 7.85 Å². The summed E-state index contributed by atoms with van der Waals surface area (Å²) >= 11 is 0. The molecule has 74 valence electrons. The molecule has 1 heterocycles. The molecule has 2 nitrogen and oxygen atoms in total. The molecular weight excluding hydrogens is 183 g/mol. The second kappa shape index (κ2) is 4.34. The Morgan fingerprint density at radius 2 is 1.93 bits per heavy atom. The molecule has 2 rings (SSSR count). The lowest BCUT2D eigenvalue weighted by atomic mass is 10.1. The van der Waals surface area contributed by atoms with E-state index in [2.05, 4.69) is 36.3 Å². The highest BCUT2D eigenvalue weighted by molar-refractivity contribution is 6.08. The van der Waals surface area contributed by atoms with Crippen molar-refractivity contribution in [1.29, 1.82) is 0 Å². The summed E-state index contributed by atoms with van der Waals surface area (Å²) in [7, 11) is 5.47. The number of aryl methyl sites for hydroxylation is 2. The van der Waals surface area contributed by atoms with E-state index in [1.165, 1.54) is 11.1 Å². The summed E-state index contributed by atoms with van der Waals surface area (Å²) in [5.74, 6) is 0. The van der Waals surface area contributed by atoms with Gasteiger partial charge in [-0.2, -0.15) is 5.10 Å². The zero-order valence-electron chi connectivity index (χ0n) is 8.85. The van der Waals surface area contributed by atoms with Crippen molar-refractivity contribution in [2.45, 2.75) is 19.8 Å². The van der Waals surface area contributed by atoms with E-state index in [0.717, 1.165) is 12.1 Å². The van der Waals surface area contributed by atoms with Crippen LogP contribution >= 0.6 is 0 Å². The zero-order valence-corrected chi connectivity index (χ0v) is 8.85. The Labute approximate surface area is 91.3 Å². The highest BCUT2D eigenvalue weighted by atomic mass is 15.3. The van der Waals surface area contributed by atoms with Gasteiger partial charge in [0.1, 0.15) is 0 Å².